The van der Waals surface area contributed by atoms with Crippen molar-refractivity contribution >= 4 is 5.91 Å². The van der Waals surface area contributed by atoms with Crippen LogP contribution in [0.15, 0.2) is 122 Å². The van der Waals surface area contributed by atoms with Crippen molar-refractivity contribution in [1.82, 2.24) is 5.32 Å². The molecule has 12 N–H and O–H groups in total. The molecule has 0 radical (unpaired) electrons. The lowest BCUT2D eigenvalue weighted by Crippen LogP contribution is -2.66. The third-order valence-electron chi connectivity index (χ3n) is 14.7. The van der Waals surface area contributed by atoms with Crippen LogP contribution in [0, 0.1) is 0 Å². The normalized spacial score (nSPS) is 29.8. The second kappa shape index (κ2) is 47.2. The van der Waals surface area contributed by atoms with Crippen LogP contribution in [-0.4, -0.2) is 193 Å². The molecule has 3 rings (SSSR count). The molecule has 19 nitrogen and oxygen atoms in total. The zero-order valence-corrected chi connectivity index (χ0v) is 50.5. The molecule has 0 spiro atoms. The third kappa shape index (κ3) is 30.3. The Labute approximate surface area is 506 Å². The maximum absolute atomic E-state index is 13.3. The van der Waals surface area contributed by atoms with Gasteiger partial charge in [-0.1, -0.05) is 174 Å². The molecule has 3 aliphatic rings. The number of aliphatic hydroxyl groups is 11. The SMILES string of the molecule is CC/C=C\C/C=C\C/C=C\C/C=C\C/C=C\C/C=C\C/C=C\C/C=C\CCCCC(=O)NC(COC1OC(CO)C(OC2OC(CO)C(OC3OC(CO)C(O)C(O)C3O)C(O)C2O)C(O)C1O)C(O)/C=C/CC/C=C/CCCCCCCCC. The molecule has 0 saturated carbocycles. The predicted molar refractivity (Wildman–Crippen MR) is 327 cm³/mol. The smallest absolute Gasteiger partial charge is 0.220 e. The first-order chi connectivity index (χ1) is 41.3. The molecule has 484 valence electrons. The molecule has 0 aliphatic carbocycles. The van der Waals surface area contributed by atoms with Gasteiger partial charge in [-0.3, -0.25) is 4.79 Å². The molecule has 1 amide bonds. The van der Waals surface area contributed by atoms with E-state index in [2.05, 4.69) is 129 Å². The second-order valence-electron chi connectivity index (χ2n) is 21.8. The molecule has 17 unspecified atom stereocenters. The number of ether oxygens (including phenoxy) is 6. The van der Waals surface area contributed by atoms with Gasteiger partial charge in [0.2, 0.25) is 5.91 Å². The lowest BCUT2D eigenvalue weighted by atomic mass is 9.96. The highest BCUT2D eigenvalue weighted by molar-refractivity contribution is 5.76. The largest absolute Gasteiger partial charge is 0.394 e. The monoisotopic (exact) mass is 1200 g/mol. The number of allylic oxidation sites excluding steroid dienone is 19. The number of unbranched alkanes of at least 4 members (excludes halogenated alkanes) is 10. The lowest BCUT2D eigenvalue weighted by Gasteiger charge is -2.48. The van der Waals surface area contributed by atoms with E-state index < -0.39 is 131 Å². The number of carbonyl (C=O) groups excluding carboxylic acids is 1. The van der Waals surface area contributed by atoms with Crippen molar-refractivity contribution in [1.29, 1.82) is 0 Å². The van der Waals surface area contributed by atoms with Crippen LogP contribution >= 0.6 is 0 Å². The topological polar surface area (TPSA) is 307 Å². The summed E-state index contributed by atoms with van der Waals surface area (Å²) in [6.45, 7) is 1.51. The molecule has 3 heterocycles. The Bertz CT molecular complexity index is 2020. The van der Waals surface area contributed by atoms with Gasteiger partial charge >= 0.3 is 0 Å². The van der Waals surface area contributed by atoms with E-state index in [0.717, 1.165) is 83.5 Å². The van der Waals surface area contributed by atoms with Crippen molar-refractivity contribution in [3.8, 4) is 0 Å². The van der Waals surface area contributed by atoms with Gasteiger partial charge in [0.25, 0.3) is 0 Å². The van der Waals surface area contributed by atoms with E-state index in [1.165, 1.54) is 38.5 Å². The minimum absolute atomic E-state index is 0.171. The van der Waals surface area contributed by atoms with Gasteiger partial charge in [-0.25, -0.2) is 0 Å². The van der Waals surface area contributed by atoms with Crippen LogP contribution in [0.3, 0.4) is 0 Å². The maximum Gasteiger partial charge on any atom is 0.220 e. The minimum atomic E-state index is -1.99. The maximum atomic E-state index is 13.3. The van der Waals surface area contributed by atoms with E-state index in [9.17, 15) is 61.0 Å². The predicted octanol–water partition coefficient (Wildman–Crippen LogP) is 6.48. The summed E-state index contributed by atoms with van der Waals surface area (Å²) in [6, 6.07) is -1.02. The van der Waals surface area contributed by atoms with Crippen LogP contribution in [0.1, 0.15) is 155 Å². The Balaban J connectivity index is 1.48. The molecule has 0 aromatic rings. The summed E-state index contributed by atoms with van der Waals surface area (Å²) in [5, 5.41) is 120. The fourth-order valence-corrected chi connectivity index (χ4v) is 9.63. The van der Waals surface area contributed by atoms with E-state index in [1.807, 2.05) is 6.08 Å². The zero-order chi connectivity index (χ0) is 61.9. The van der Waals surface area contributed by atoms with E-state index in [-0.39, 0.29) is 12.3 Å². The summed E-state index contributed by atoms with van der Waals surface area (Å²) in [6.07, 6.45) is 36.1. The highest BCUT2D eigenvalue weighted by atomic mass is 16.8. The number of rotatable bonds is 44. The average Bonchev–Trinajstić information content (AvgIpc) is 2.72. The van der Waals surface area contributed by atoms with Gasteiger partial charge in [0.05, 0.1) is 38.6 Å². The van der Waals surface area contributed by atoms with Gasteiger partial charge in [-0.2, -0.15) is 0 Å². The molecule has 85 heavy (non-hydrogen) atoms. The van der Waals surface area contributed by atoms with Gasteiger partial charge in [0.15, 0.2) is 18.9 Å². The van der Waals surface area contributed by atoms with Crippen molar-refractivity contribution in [2.45, 2.75) is 259 Å². The number of hydrogen-bond donors (Lipinski definition) is 12. The molecule has 3 aliphatic heterocycles. The quantitative estimate of drug-likeness (QED) is 0.0229. The Kier molecular flexibility index (Phi) is 41.9. The van der Waals surface area contributed by atoms with E-state index in [4.69, 9.17) is 28.4 Å². The van der Waals surface area contributed by atoms with Gasteiger partial charge in [0, 0.05) is 6.42 Å². The van der Waals surface area contributed by atoms with Crippen LogP contribution in [0.5, 0.6) is 0 Å². The average molecular weight is 1200 g/mol. The van der Waals surface area contributed by atoms with E-state index in [0.29, 0.717) is 12.8 Å². The summed E-state index contributed by atoms with van der Waals surface area (Å²) in [4.78, 5) is 13.3. The van der Waals surface area contributed by atoms with Crippen LogP contribution in [-0.2, 0) is 33.2 Å². The van der Waals surface area contributed by atoms with Crippen molar-refractivity contribution in [2.75, 3.05) is 26.4 Å². The van der Waals surface area contributed by atoms with Gasteiger partial charge in [0.1, 0.15) is 73.2 Å². The molecule has 0 aromatic heterocycles. The summed E-state index contributed by atoms with van der Waals surface area (Å²) in [5.41, 5.74) is 0. The first-order valence-electron chi connectivity index (χ1n) is 31.3. The number of aliphatic hydroxyl groups excluding tert-OH is 11. The molecule has 0 bridgehead atoms. The highest BCUT2D eigenvalue weighted by Gasteiger charge is 2.53. The number of amides is 1. The third-order valence-corrected chi connectivity index (χ3v) is 14.7. The van der Waals surface area contributed by atoms with Crippen LogP contribution < -0.4 is 5.32 Å². The first-order valence-corrected chi connectivity index (χ1v) is 31.3. The molecule has 3 saturated heterocycles. The fourth-order valence-electron chi connectivity index (χ4n) is 9.63. The van der Waals surface area contributed by atoms with Crippen molar-refractivity contribution in [3.63, 3.8) is 0 Å². The van der Waals surface area contributed by atoms with E-state index >= 15 is 0 Å². The summed E-state index contributed by atoms with van der Waals surface area (Å²) < 4.78 is 34.2. The van der Waals surface area contributed by atoms with E-state index in [1.54, 1.807) is 6.08 Å². The van der Waals surface area contributed by atoms with Gasteiger partial charge in [-0.05, 0) is 96.3 Å². The van der Waals surface area contributed by atoms with Gasteiger partial charge < -0.3 is 89.9 Å². The van der Waals surface area contributed by atoms with Gasteiger partial charge in [-0.15, -0.1) is 0 Å². The Morgan fingerprint density at radius 2 is 0.824 bits per heavy atom. The number of hydrogen-bond acceptors (Lipinski definition) is 18. The Morgan fingerprint density at radius 1 is 0.435 bits per heavy atom. The zero-order valence-electron chi connectivity index (χ0n) is 50.5. The van der Waals surface area contributed by atoms with Crippen molar-refractivity contribution in [2.24, 2.45) is 0 Å². The molecule has 0 aromatic carbocycles. The fraction of sp³-hybridized carbons (Fsp3) is 0.682. The van der Waals surface area contributed by atoms with Crippen LogP contribution in [0.2, 0.25) is 0 Å². The van der Waals surface area contributed by atoms with Crippen molar-refractivity contribution in [3.05, 3.63) is 122 Å². The number of nitrogens with one attached hydrogen (secondary N) is 1. The first kappa shape index (κ1) is 75.4. The summed E-state index contributed by atoms with van der Waals surface area (Å²) in [7, 11) is 0. The molecule has 17 atom stereocenters. The second-order valence-corrected chi connectivity index (χ2v) is 21.8. The standard InChI is InChI=1S/C66H107NO18/c1-3-5-7-9-11-13-15-17-18-19-20-21-22-23-24-25-26-27-28-29-30-32-34-36-38-40-42-44-54(72)67-49(50(71)43-41-39-37-35-33-31-16-14-12-10-8-6-4-2)48-80-64-60(78)57(75)62(52(46-69)82-64)85-66-61(79)58(76)63(53(47-70)83-66)84-65-59(77)56(74)55(73)51(45-68)81-65/h5,7,11,13,17-18,20-21,23-24,26-27,29-30,33-36,41,43,49-53,55-66,68-71,73-79H,3-4,6,8-10,12,14-16,19,22,25,28,31-32,37-40,42,44-48H2,1-2H3,(H,67,72)/b7-5-,13-11-,18-17-,21-20-,24-23-,27-26-,30-29-,35-33+,36-34-,43-41+. The Hall–Kier alpha value is -3.81. The molecule has 19 heteroatoms. The molecular formula is C66H107NO18. The van der Waals surface area contributed by atoms with Crippen molar-refractivity contribution < 1.29 is 89.4 Å². The van der Waals surface area contributed by atoms with Crippen LogP contribution in [0.25, 0.3) is 0 Å². The highest BCUT2D eigenvalue weighted by Crippen LogP contribution is 2.33. The lowest BCUT2D eigenvalue weighted by molar-refractivity contribution is -0.379. The molecule has 3 fully saturated rings. The van der Waals surface area contributed by atoms with Crippen LogP contribution in [0.4, 0.5) is 0 Å². The Morgan fingerprint density at radius 3 is 1.32 bits per heavy atom. The summed E-state index contributed by atoms with van der Waals surface area (Å²) in [5.74, 6) is -0.335. The summed E-state index contributed by atoms with van der Waals surface area (Å²) >= 11 is 0. The number of carbonyl (C=O) groups is 1. The molecular weight excluding hydrogens is 1090 g/mol. The minimum Gasteiger partial charge on any atom is -0.394 e.